The molecular formula is C17H23NO4. The highest BCUT2D eigenvalue weighted by atomic mass is 16.5. The Morgan fingerprint density at radius 1 is 1.23 bits per heavy atom. The summed E-state index contributed by atoms with van der Waals surface area (Å²) in [4.78, 5) is 24.6. The summed E-state index contributed by atoms with van der Waals surface area (Å²) in [6, 6.07) is 9.48. The summed E-state index contributed by atoms with van der Waals surface area (Å²) in [5.74, 6) is -0.971. The van der Waals surface area contributed by atoms with Gasteiger partial charge in [0.25, 0.3) is 0 Å². The Morgan fingerprint density at radius 3 is 2.73 bits per heavy atom. The Morgan fingerprint density at radius 2 is 2.00 bits per heavy atom. The number of hydrogen-bond donors (Lipinski definition) is 1. The minimum absolute atomic E-state index is 0.0726. The van der Waals surface area contributed by atoms with E-state index < -0.39 is 12.0 Å². The van der Waals surface area contributed by atoms with Gasteiger partial charge in [0.05, 0.1) is 6.61 Å². The first-order chi connectivity index (χ1) is 10.7. The van der Waals surface area contributed by atoms with Crippen LogP contribution in [0.25, 0.3) is 0 Å². The molecule has 1 aliphatic heterocycles. The number of hydrogen-bond acceptors (Lipinski definition) is 3. The molecule has 22 heavy (non-hydrogen) atoms. The average Bonchev–Trinajstić information content (AvgIpc) is 3.01. The van der Waals surface area contributed by atoms with Gasteiger partial charge in [-0.3, -0.25) is 4.79 Å². The summed E-state index contributed by atoms with van der Waals surface area (Å²) in [7, 11) is 0. The van der Waals surface area contributed by atoms with E-state index in [9.17, 15) is 9.59 Å². The lowest BCUT2D eigenvalue weighted by Gasteiger charge is -2.21. The maximum absolute atomic E-state index is 12.0. The van der Waals surface area contributed by atoms with Crippen LogP contribution >= 0.6 is 0 Å². The summed E-state index contributed by atoms with van der Waals surface area (Å²) >= 11 is 0. The van der Waals surface area contributed by atoms with Crippen molar-refractivity contribution in [3.8, 4) is 0 Å². The van der Waals surface area contributed by atoms with Crippen LogP contribution in [-0.4, -0.2) is 47.7 Å². The summed E-state index contributed by atoms with van der Waals surface area (Å²) in [6.07, 6.45) is 3.19. The van der Waals surface area contributed by atoms with E-state index in [-0.39, 0.29) is 5.91 Å². The van der Waals surface area contributed by atoms with Gasteiger partial charge in [-0.25, -0.2) is 4.79 Å². The molecule has 2 rings (SSSR count). The van der Waals surface area contributed by atoms with E-state index in [0.29, 0.717) is 39.0 Å². The number of likely N-dealkylation sites (tertiary alicyclic amines) is 1. The van der Waals surface area contributed by atoms with Crippen molar-refractivity contribution in [2.45, 2.75) is 38.1 Å². The second-order valence-electron chi connectivity index (χ2n) is 5.53. The molecule has 1 saturated heterocycles. The molecule has 1 aromatic rings. The molecule has 0 spiro atoms. The summed E-state index contributed by atoms with van der Waals surface area (Å²) in [5.41, 5.74) is 1.24. The van der Waals surface area contributed by atoms with Crippen molar-refractivity contribution < 1.29 is 19.4 Å². The zero-order valence-corrected chi connectivity index (χ0v) is 12.7. The smallest absolute Gasteiger partial charge is 0.326 e. The van der Waals surface area contributed by atoms with Gasteiger partial charge in [0.15, 0.2) is 0 Å². The minimum Gasteiger partial charge on any atom is -0.480 e. The average molecular weight is 305 g/mol. The molecule has 5 heteroatoms. The van der Waals surface area contributed by atoms with E-state index in [4.69, 9.17) is 9.84 Å². The largest absolute Gasteiger partial charge is 0.480 e. The Hall–Kier alpha value is -1.88. The molecule has 1 heterocycles. The van der Waals surface area contributed by atoms with E-state index in [2.05, 4.69) is 12.1 Å². The number of carboxylic acid groups (broad SMARTS) is 1. The fraction of sp³-hybridized carbons (Fsp3) is 0.529. The van der Waals surface area contributed by atoms with Gasteiger partial charge in [-0.1, -0.05) is 30.3 Å². The van der Waals surface area contributed by atoms with Crippen LogP contribution in [0.15, 0.2) is 30.3 Å². The summed E-state index contributed by atoms with van der Waals surface area (Å²) in [6.45, 7) is 1.73. The van der Waals surface area contributed by atoms with Crippen molar-refractivity contribution in [2.75, 3.05) is 19.8 Å². The first kappa shape index (κ1) is 16.5. The molecule has 1 atom stereocenters. The fourth-order valence-electron chi connectivity index (χ4n) is 2.73. The third-order valence-electron chi connectivity index (χ3n) is 3.92. The number of carboxylic acids is 1. The standard InChI is InChI=1S/C17H23NO4/c19-16(18-11-4-8-15(18)17(20)21)9-5-12-22-13-10-14-6-2-1-3-7-14/h1-3,6-7,15H,4-5,8-13H2,(H,20,21)/t15-/m1/s1. The second-order valence-corrected chi connectivity index (χ2v) is 5.53. The number of aliphatic carboxylic acids is 1. The molecule has 120 valence electrons. The van der Waals surface area contributed by atoms with E-state index in [0.717, 1.165) is 12.8 Å². The quantitative estimate of drug-likeness (QED) is 0.747. The lowest BCUT2D eigenvalue weighted by Crippen LogP contribution is -2.40. The maximum Gasteiger partial charge on any atom is 0.326 e. The highest BCUT2D eigenvalue weighted by Crippen LogP contribution is 2.18. The van der Waals surface area contributed by atoms with E-state index in [1.54, 1.807) is 0 Å². The van der Waals surface area contributed by atoms with Gasteiger partial charge in [0.1, 0.15) is 6.04 Å². The number of ether oxygens (including phenoxy) is 1. The van der Waals surface area contributed by atoms with Crippen LogP contribution in [-0.2, 0) is 20.7 Å². The number of carbonyl (C=O) groups excluding carboxylic acids is 1. The SMILES string of the molecule is O=C(O)[C@H]1CCCN1C(=O)CCCOCCc1ccccc1. The monoisotopic (exact) mass is 305 g/mol. The Bertz CT molecular complexity index is 489. The predicted molar refractivity (Wildman–Crippen MR) is 82.6 cm³/mol. The zero-order valence-electron chi connectivity index (χ0n) is 12.7. The molecule has 1 amide bonds. The van der Waals surface area contributed by atoms with Crippen molar-refractivity contribution in [1.82, 2.24) is 4.90 Å². The number of benzene rings is 1. The minimum atomic E-state index is -0.898. The second kappa shape index (κ2) is 8.54. The predicted octanol–water partition coefficient (Wildman–Crippen LogP) is 2.10. The highest BCUT2D eigenvalue weighted by molar-refractivity contribution is 5.84. The topological polar surface area (TPSA) is 66.8 Å². The van der Waals surface area contributed by atoms with Crippen LogP contribution in [0.1, 0.15) is 31.2 Å². The molecule has 0 aromatic heterocycles. The van der Waals surface area contributed by atoms with Crippen molar-refractivity contribution in [1.29, 1.82) is 0 Å². The van der Waals surface area contributed by atoms with Gasteiger partial charge >= 0.3 is 5.97 Å². The number of nitrogens with zero attached hydrogens (tertiary/aromatic N) is 1. The van der Waals surface area contributed by atoms with Crippen LogP contribution in [0.3, 0.4) is 0 Å². The van der Waals surface area contributed by atoms with Crippen molar-refractivity contribution >= 4 is 11.9 Å². The lowest BCUT2D eigenvalue weighted by molar-refractivity contribution is -0.148. The molecule has 1 aliphatic rings. The van der Waals surface area contributed by atoms with E-state index in [1.165, 1.54) is 10.5 Å². The third kappa shape index (κ3) is 4.84. The normalized spacial score (nSPS) is 17.6. The number of rotatable bonds is 8. The lowest BCUT2D eigenvalue weighted by atomic mass is 10.2. The molecule has 1 fully saturated rings. The van der Waals surface area contributed by atoms with Crippen LogP contribution in [0.5, 0.6) is 0 Å². The van der Waals surface area contributed by atoms with Crippen molar-refractivity contribution in [2.24, 2.45) is 0 Å². The highest BCUT2D eigenvalue weighted by Gasteiger charge is 2.33. The molecular weight excluding hydrogens is 282 g/mol. The molecule has 0 saturated carbocycles. The third-order valence-corrected chi connectivity index (χ3v) is 3.92. The van der Waals surface area contributed by atoms with Crippen molar-refractivity contribution in [3.05, 3.63) is 35.9 Å². The zero-order chi connectivity index (χ0) is 15.8. The fourth-order valence-corrected chi connectivity index (χ4v) is 2.73. The summed E-state index contributed by atoms with van der Waals surface area (Å²) in [5, 5.41) is 9.06. The van der Waals surface area contributed by atoms with Gasteiger partial charge in [0, 0.05) is 19.6 Å². The van der Waals surface area contributed by atoms with E-state index >= 15 is 0 Å². The number of amides is 1. The first-order valence-corrected chi connectivity index (χ1v) is 7.82. The van der Waals surface area contributed by atoms with Crippen LogP contribution in [0, 0.1) is 0 Å². The molecule has 5 nitrogen and oxygen atoms in total. The molecule has 0 aliphatic carbocycles. The van der Waals surface area contributed by atoms with Gasteiger partial charge < -0.3 is 14.7 Å². The number of carbonyl (C=O) groups is 2. The van der Waals surface area contributed by atoms with Gasteiger partial charge in [0.2, 0.25) is 5.91 Å². The maximum atomic E-state index is 12.0. The van der Waals surface area contributed by atoms with Crippen molar-refractivity contribution in [3.63, 3.8) is 0 Å². The molecule has 0 bridgehead atoms. The van der Waals surface area contributed by atoms with E-state index in [1.807, 2.05) is 18.2 Å². The Kier molecular flexibility index (Phi) is 6.40. The first-order valence-electron chi connectivity index (χ1n) is 7.82. The summed E-state index contributed by atoms with van der Waals surface area (Å²) < 4.78 is 5.54. The molecule has 0 unspecified atom stereocenters. The molecule has 0 radical (unpaired) electrons. The van der Waals surface area contributed by atoms with Crippen LogP contribution < -0.4 is 0 Å². The molecule has 1 aromatic carbocycles. The van der Waals surface area contributed by atoms with Gasteiger partial charge in [-0.05, 0) is 31.2 Å². The van der Waals surface area contributed by atoms with Crippen LogP contribution in [0.2, 0.25) is 0 Å². The van der Waals surface area contributed by atoms with Gasteiger partial charge in [-0.2, -0.15) is 0 Å². The van der Waals surface area contributed by atoms with Gasteiger partial charge in [-0.15, -0.1) is 0 Å². The Balaban J connectivity index is 1.58. The Labute approximate surface area is 130 Å². The van der Waals surface area contributed by atoms with Crippen LogP contribution in [0.4, 0.5) is 0 Å². The molecule has 1 N–H and O–H groups in total.